The molecule has 0 atom stereocenters. The van der Waals surface area contributed by atoms with Crippen LogP contribution in [-0.2, 0) is 19.5 Å². The van der Waals surface area contributed by atoms with Gasteiger partial charge in [-0.3, -0.25) is 14.7 Å². The highest BCUT2D eigenvalue weighted by molar-refractivity contribution is 7.17. The number of hydrogen-bond acceptors (Lipinski definition) is 7. The standard InChI is InChI=1S/C25H27F2N5O2S/c1-34-20-3-2-17-15-32(7-4-16(17)10-20)19-5-8-31(9-6-19)25-30-14-23(35-25)24(33)29-13-22-21(27)11-18(26)12-28-22/h2-3,10-12,14,19H,4-9,13,15H2,1H3,(H,29,33). The van der Waals surface area contributed by atoms with Crippen LogP contribution in [0.1, 0.15) is 39.3 Å². The number of amides is 1. The summed E-state index contributed by atoms with van der Waals surface area (Å²) in [6, 6.07) is 7.65. The SMILES string of the molecule is COc1ccc2c(c1)CCN(C1CCN(c3ncc(C(=O)NCc4ncc(F)cc4F)s3)CC1)C2. The van der Waals surface area contributed by atoms with Crippen LogP contribution in [-0.4, -0.2) is 53.6 Å². The summed E-state index contributed by atoms with van der Waals surface area (Å²) in [6.45, 7) is 3.67. The zero-order valence-electron chi connectivity index (χ0n) is 19.5. The Balaban J connectivity index is 1.13. The van der Waals surface area contributed by atoms with Gasteiger partial charge in [-0.2, -0.15) is 0 Å². The highest BCUT2D eigenvalue weighted by atomic mass is 32.1. The van der Waals surface area contributed by atoms with Crippen molar-refractivity contribution in [1.82, 2.24) is 20.2 Å². The molecule has 184 valence electrons. The average Bonchev–Trinajstić information content (AvgIpc) is 3.38. The van der Waals surface area contributed by atoms with Crippen molar-refractivity contribution >= 4 is 22.4 Å². The number of halogens is 2. The molecule has 2 aliphatic heterocycles. The summed E-state index contributed by atoms with van der Waals surface area (Å²) in [6.07, 6.45) is 5.60. The number of aromatic nitrogens is 2. The molecule has 0 radical (unpaired) electrons. The van der Waals surface area contributed by atoms with Gasteiger partial charge in [0.05, 0.1) is 31.7 Å². The summed E-state index contributed by atoms with van der Waals surface area (Å²) in [7, 11) is 1.70. The Bertz CT molecular complexity index is 1210. The molecule has 35 heavy (non-hydrogen) atoms. The Morgan fingerprint density at radius 1 is 1.14 bits per heavy atom. The smallest absolute Gasteiger partial charge is 0.263 e. The summed E-state index contributed by atoms with van der Waals surface area (Å²) >= 11 is 1.32. The fourth-order valence-electron chi connectivity index (χ4n) is 4.75. The van der Waals surface area contributed by atoms with Crippen molar-refractivity contribution in [2.75, 3.05) is 31.6 Å². The van der Waals surface area contributed by atoms with Crippen LogP contribution < -0.4 is 15.0 Å². The average molecular weight is 500 g/mol. The van der Waals surface area contributed by atoms with Crippen molar-refractivity contribution in [3.8, 4) is 5.75 Å². The summed E-state index contributed by atoms with van der Waals surface area (Å²) < 4.78 is 32.1. The summed E-state index contributed by atoms with van der Waals surface area (Å²) in [4.78, 5) is 25.9. The third-order valence-corrected chi connectivity index (χ3v) is 7.78. The van der Waals surface area contributed by atoms with Crippen LogP contribution in [0.15, 0.2) is 36.7 Å². The molecule has 3 aromatic rings. The van der Waals surface area contributed by atoms with E-state index in [1.807, 2.05) is 6.07 Å². The van der Waals surface area contributed by atoms with Crippen LogP contribution in [0.5, 0.6) is 5.75 Å². The number of benzene rings is 1. The second kappa shape index (κ2) is 10.2. The molecule has 5 rings (SSSR count). The minimum atomic E-state index is -0.782. The Morgan fingerprint density at radius 3 is 2.74 bits per heavy atom. The molecule has 7 nitrogen and oxygen atoms in total. The first-order valence-corrected chi connectivity index (χ1v) is 12.5. The molecule has 0 spiro atoms. The van der Waals surface area contributed by atoms with Gasteiger partial charge < -0.3 is 15.0 Å². The molecule has 2 aromatic heterocycles. The lowest BCUT2D eigenvalue weighted by molar-refractivity contribution is 0.0954. The molecular formula is C25H27F2N5O2S. The molecule has 0 bridgehead atoms. The molecule has 1 saturated heterocycles. The van der Waals surface area contributed by atoms with E-state index < -0.39 is 11.6 Å². The number of anilines is 1. The van der Waals surface area contributed by atoms with Crippen LogP contribution >= 0.6 is 11.3 Å². The van der Waals surface area contributed by atoms with Gasteiger partial charge in [-0.25, -0.2) is 13.8 Å². The fourth-order valence-corrected chi connectivity index (χ4v) is 5.64. The molecule has 10 heteroatoms. The highest BCUT2D eigenvalue weighted by Gasteiger charge is 2.28. The maximum absolute atomic E-state index is 13.7. The Labute approximate surface area is 206 Å². The van der Waals surface area contributed by atoms with E-state index in [0.29, 0.717) is 10.9 Å². The number of methoxy groups -OCH3 is 1. The van der Waals surface area contributed by atoms with Crippen LogP contribution in [0.2, 0.25) is 0 Å². The predicted molar refractivity (Wildman–Crippen MR) is 130 cm³/mol. The predicted octanol–water partition coefficient (Wildman–Crippen LogP) is 3.78. The lowest BCUT2D eigenvalue weighted by Crippen LogP contribution is -2.46. The van der Waals surface area contributed by atoms with E-state index in [9.17, 15) is 13.6 Å². The number of carbonyl (C=O) groups excluding carboxylic acids is 1. The molecule has 2 aliphatic rings. The monoisotopic (exact) mass is 499 g/mol. The van der Waals surface area contributed by atoms with Gasteiger partial charge in [0.15, 0.2) is 5.13 Å². The fraction of sp³-hybridized carbons (Fsp3) is 0.400. The van der Waals surface area contributed by atoms with Crippen molar-refractivity contribution in [3.63, 3.8) is 0 Å². The van der Waals surface area contributed by atoms with Gasteiger partial charge in [-0.1, -0.05) is 17.4 Å². The largest absolute Gasteiger partial charge is 0.497 e. The zero-order valence-corrected chi connectivity index (χ0v) is 20.3. The van der Waals surface area contributed by atoms with Crippen LogP contribution in [0, 0.1) is 11.6 Å². The van der Waals surface area contributed by atoms with Crippen molar-refractivity contribution < 1.29 is 18.3 Å². The molecule has 0 aliphatic carbocycles. The van der Waals surface area contributed by atoms with Gasteiger partial charge >= 0.3 is 0 Å². The summed E-state index contributed by atoms with van der Waals surface area (Å²) in [5.74, 6) is -0.964. The van der Waals surface area contributed by atoms with Crippen molar-refractivity contribution in [2.45, 2.75) is 38.4 Å². The van der Waals surface area contributed by atoms with Crippen molar-refractivity contribution in [2.24, 2.45) is 0 Å². The summed E-state index contributed by atoms with van der Waals surface area (Å²) in [5.41, 5.74) is 2.75. The maximum Gasteiger partial charge on any atom is 0.263 e. The normalized spacial score (nSPS) is 16.7. The molecular weight excluding hydrogens is 472 g/mol. The first kappa shape index (κ1) is 23.6. The molecule has 0 saturated carbocycles. The Morgan fingerprint density at radius 2 is 1.97 bits per heavy atom. The molecule has 4 heterocycles. The molecule has 1 amide bonds. The van der Waals surface area contributed by atoms with Gasteiger partial charge in [0.2, 0.25) is 0 Å². The Kier molecular flexibility index (Phi) is 6.92. The van der Waals surface area contributed by atoms with Gasteiger partial charge in [-0.15, -0.1) is 0 Å². The number of hydrogen-bond donors (Lipinski definition) is 1. The van der Waals surface area contributed by atoms with Crippen molar-refractivity contribution in [1.29, 1.82) is 0 Å². The van der Waals surface area contributed by atoms with Crippen LogP contribution in [0.4, 0.5) is 13.9 Å². The maximum atomic E-state index is 13.7. The first-order chi connectivity index (χ1) is 17.0. The highest BCUT2D eigenvalue weighted by Crippen LogP contribution is 2.30. The Hall–Kier alpha value is -3.11. The topological polar surface area (TPSA) is 70.6 Å². The number of ether oxygens (including phenoxy) is 1. The molecule has 0 unspecified atom stereocenters. The summed E-state index contributed by atoms with van der Waals surface area (Å²) in [5, 5.41) is 3.45. The molecule has 1 N–H and O–H groups in total. The number of nitrogens with one attached hydrogen (secondary N) is 1. The number of rotatable bonds is 6. The second-order valence-electron chi connectivity index (χ2n) is 8.85. The van der Waals surface area contributed by atoms with Gasteiger partial charge in [0.1, 0.15) is 22.3 Å². The van der Waals surface area contributed by atoms with E-state index in [2.05, 4.69) is 37.2 Å². The lowest BCUT2D eigenvalue weighted by Gasteiger charge is -2.40. The number of carbonyl (C=O) groups is 1. The van der Waals surface area contributed by atoms with Gasteiger partial charge in [-0.05, 0) is 42.5 Å². The van der Waals surface area contributed by atoms with E-state index >= 15 is 0 Å². The van der Waals surface area contributed by atoms with Crippen LogP contribution in [0.25, 0.3) is 0 Å². The third-order valence-electron chi connectivity index (χ3n) is 6.72. The number of pyridine rings is 1. The quantitative estimate of drug-likeness (QED) is 0.557. The van der Waals surface area contributed by atoms with E-state index in [1.165, 1.54) is 22.5 Å². The number of thiazole rings is 1. The van der Waals surface area contributed by atoms with E-state index in [-0.39, 0.29) is 18.1 Å². The minimum absolute atomic E-state index is 0.00830. The third kappa shape index (κ3) is 5.28. The van der Waals surface area contributed by atoms with E-state index in [4.69, 9.17) is 4.74 Å². The first-order valence-electron chi connectivity index (χ1n) is 11.7. The number of nitrogens with zero attached hydrogens (tertiary/aromatic N) is 4. The van der Waals surface area contributed by atoms with Crippen LogP contribution in [0.3, 0.4) is 0 Å². The van der Waals surface area contributed by atoms with Gasteiger partial charge in [0, 0.05) is 38.3 Å². The second-order valence-corrected chi connectivity index (χ2v) is 9.85. The minimum Gasteiger partial charge on any atom is -0.497 e. The van der Waals surface area contributed by atoms with E-state index in [1.54, 1.807) is 13.3 Å². The molecule has 1 fully saturated rings. The number of fused-ring (bicyclic) bond motifs is 1. The van der Waals surface area contributed by atoms with Crippen molar-refractivity contribution in [3.05, 3.63) is 70.0 Å². The zero-order chi connectivity index (χ0) is 24.4. The van der Waals surface area contributed by atoms with Gasteiger partial charge in [0.25, 0.3) is 5.91 Å². The molecule has 1 aromatic carbocycles. The number of piperidine rings is 1. The van der Waals surface area contributed by atoms with E-state index in [0.717, 1.165) is 68.6 Å². The lowest BCUT2D eigenvalue weighted by atomic mass is 9.95.